The van der Waals surface area contributed by atoms with E-state index >= 15 is 0 Å². The minimum Gasteiger partial charge on any atom is -0.444 e. The lowest BCUT2D eigenvalue weighted by molar-refractivity contribution is 0.0146. The zero-order chi connectivity index (χ0) is 17.0. The highest BCUT2D eigenvalue weighted by atomic mass is 16.6. The summed E-state index contributed by atoms with van der Waals surface area (Å²) >= 11 is 0. The molecule has 6 nitrogen and oxygen atoms in total. The molecular weight excluding hydrogens is 292 g/mol. The van der Waals surface area contributed by atoms with E-state index in [2.05, 4.69) is 29.1 Å². The van der Waals surface area contributed by atoms with Crippen molar-refractivity contribution in [3.8, 4) is 0 Å². The van der Waals surface area contributed by atoms with Gasteiger partial charge in [0.15, 0.2) is 0 Å². The highest BCUT2D eigenvalue weighted by molar-refractivity contribution is 5.68. The van der Waals surface area contributed by atoms with Gasteiger partial charge in [-0.15, -0.1) is 0 Å². The summed E-state index contributed by atoms with van der Waals surface area (Å²) in [5.74, 6) is 0. The molecule has 0 aromatic rings. The second kappa shape index (κ2) is 7.81. The lowest BCUT2D eigenvalue weighted by Crippen LogP contribution is -2.51. The van der Waals surface area contributed by atoms with Crippen molar-refractivity contribution >= 4 is 6.09 Å². The fourth-order valence-corrected chi connectivity index (χ4v) is 3.25. The van der Waals surface area contributed by atoms with Gasteiger partial charge in [-0.05, 0) is 41.2 Å². The Morgan fingerprint density at radius 3 is 2.39 bits per heavy atom. The molecule has 0 aromatic carbocycles. The van der Waals surface area contributed by atoms with Crippen molar-refractivity contribution in [2.75, 3.05) is 52.9 Å². The van der Waals surface area contributed by atoms with Gasteiger partial charge in [-0.2, -0.15) is 0 Å². The minimum atomic E-state index is -0.413. The number of carbonyl (C=O) groups excluding carboxylic acids is 1. The number of hydrogen-bond acceptors (Lipinski definition) is 5. The van der Waals surface area contributed by atoms with E-state index in [4.69, 9.17) is 4.74 Å². The molecule has 23 heavy (non-hydrogen) atoms. The fourth-order valence-electron chi connectivity index (χ4n) is 3.25. The first kappa shape index (κ1) is 18.5. The first-order valence-corrected chi connectivity index (χ1v) is 8.88. The molecule has 2 saturated heterocycles. The Kier molecular flexibility index (Phi) is 6.28. The quantitative estimate of drug-likeness (QED) is 0.842. The van der Waals surface area contributed by atoms with Gasteiger partial charge in [0.1, 0.15) is 5.60 Å². The van der Waals surface area contributed by atoms with Crippen LogP contribution in [0.4, 0.5) is 4.79 Å². The highest BCUT2D eigenvalue weighted by Gasteiger charge is 2.27. The topological polar surface area (TPSA) is 48.1 Å². The second-order valence-corrected chi connectivity index (χ2v) is 7.98. The van der Waals surface area contributed by atoms with Crippen molar-refractivity contribution in [3.63, 3.8) is 0 Å². The summed E-state index contributed by atoms with van der Waals surface area (Å²) in [6.45, 7) is 14.6. The van der Waals surface area contributed by atoms with E-state index in [-0.39, 0.29) is 6.09 Å². The first-order chi connectivity index (χ1) is 10.7. The number of nitrogens with zero attached hydrogens (tertiary/aromatic N) is 3. The van der Waals surface area contributed by atoms with E-state index in [1.165, 1.54) is 6.42 Å². The Labute approximate surface area is 141 Å². The van der Waals surface area contributed by atoms with Crippen molar-refractivity contribution in [2.24, 2.45) is 0 Å². The third kappa shape index (κ3) is 5.94. The van der Waals surface area contributed by atoms with Gasteiger partial charge in [0, 0.05) is 57.9 Å². The lowest BCUT2D eigenvalue weighted by atomic mass is 10.2. The summed E-state index contributed by atoms with van der Waals surface area (Å²) in [7, 11) is 2.20. The number of amides is 1. The predicted octanol–water partition coefficient (Wildman–Crippen LogP) is 1.22. The molecule has 2 aliphatic rings. The molecule has 0 aromatic heterocycles. The van der Waals surface area contributed by atoms with E-state index in [9.17, 15) is 4.79 Å². The van der Waals surface area contributed by atoms with Crippen LogP contribution in [0.5, 0.6) is 0 Å². The molecule has 0 saturated carbocycles. The Morgan fingerprint density at radius 2 is 1.87 bits per heavy atom. The van der Waals surface area contributed by atoms with Crippen molar-refractivity contribution in [1.82, 2.24) is 20.0 Å². The van der Waals surface area contributed by atoms with Crippen LogP contribution in [0.2, 0.25) is 0 Å². The third-order valence-electron chi connectivity index (χ3n) is 4.77. The Bertz CT molecular complexity index is 379. The van der Waals surface area contributed by atoms with E-state index < -0.39 is 5.60 Å². The maximum Gasteiger partial charge on any atom is 0.410 e. The summed E-state index contributed by atoms with van der Waals surface area (Å²) in [5, 5.41) is 3.67. The number of ether oxygens (including phenoxy) is 1. The molecule has 1 amide bonds. The van der Waals surface area contributed by atoms with Crippen LogP contribution in [0.25, 0.3) is 0 Å². The molecular formula is C17H34N4O2. The minimum absolute atomic E-state index is 0.182. The van der Waals surface area contributed by atoms with E-state index in [0.717, 1.165) is 45.8 Å². The smallest absolute Gasteiger partial charge is 0.410 e. The predicted molar refractivity (Wildman–Crippen MR) is 92.7 cm³/mol. The van der Waals surface area contributed by atoms with Crippen LogP contribution < -0.4 is 5.32 Å². The van der Waals surface area contributed by atoms with Gasteiger partial charge in [-0.3, -0.25) is 4.90 Å². The second-order valence-electron chi connectivity index (χ2n) is 7.98. The van der Waals surface area contributed by atoms with Crippen LogP contribution in [-0.4, -0.2) is 91.3 Å². The summed E-state index contributed by atoms with van der Waals surface area (Å²) in [4.78, 5) is 18.7. The molecule has 0 spiro atoms. The number of likely N-dealkylation sites (tertiary alicyclic amines) is 1. The summed E-state index contributed by atoms with van der Waals surface area (Å²) in [6.07, 6.45) is 1.06. The summed E-state index contributed by atoms with van der Waals surface area (Å²) in [5.41, 5.74) is -0.413. The van der Waals surface area contributed by atoms with Gasteiger partial charge in [0.05, 0.1) is 0 Å². The first-order valence-electron chi connectivity index (χ1n) is 8.88. The summed E-state index contributed by atoms with van der Waals surface area (Å²) < 4.78 is 5.43. The molecule has 1 N–H and O–H groups in total. The number of piperazine rings is 1. The highest BCUT2D eigenvalue weighted by Crippen LogP contribution is 2.15. The number of likely N-dealkylation sites (N-methyl/N-ethyl adjacent to an activating group) is 1. The average Bonchev–Trinajstić information content (AvgIpc) is 2.76. The van der Waals surface area contributed by atoms with Gasteiger partial charge in [-0.1, -0.05) is 0 Å². The zero-order valence-corrected chi connectivity index (χ0v) is 15.5. The number of hydrogen-bond donors (Lipinski definition) is 1. The van der Waals surface area contributed by atoms with Crippen LogP contribution in [0.3, 0.4) is 0 Å². The largest absolute Gasteiger partial charge is 0.444 e. The molecule has 2 aliphatic heterocycles. The Hall–Kier alpha value is -0.850. The number of carbonyl (C=O) groups is 1. The normalized spacial score (nSPS) is 27.4. The number of nitrogens with one attached hydrogen (secondary N) is 1. The van der Waals surface area contributed by atoms with Crippen LogP contribution in [0.15, 0.2) is 0 Å². The van der Waals surface area contributed by atoms with E-state index in [0.29, 0.717) is 12.1 Å². The molecule has 0 aliphatic carbocycles. The maximum atomic E-state index is 12.0. The van der Waals surface area contributed by atoms with Gasteiger partial charge in [-0.25, -0.2) is 4.79 Å². The Balaban J connectivity index is 1.61. The average molecular weight is 326 g/mol. The molecule has 134 valence electrons. The molecule has 2 atom stereocenters. The van der Waals surface area contributed by atoms with Crippen LogP contribution in [0.1, 0.15) is 34.1 Å². The molecule has 2 unspecified atom stereocenters. The van der Waals surface area contributed by atoms with Gasteiger partial charge < -0.3 is 19.9 Å². The summed E-state index contributed by atoms with van der Waals surface area (Å²) in [6, 6.07) is 1.31. The third-order valence-corrected chi connectivity index (χ3v) is 4.77. The van der Waals surface area contributed by atoms with Gasteiger partial charge >= 0.3 is 6.09 Å². The molecule has 2 fully saturated rings. The molecule has 2 heterocycles. The lowest BCUT2D eigenvalue weighted by Gasteiger charge is -2.35. The van der Waals surface area contributed by atoms with Crippen LogP contribution in [0, 0.1) is 0 Å². The van der Waals surface area contributed by atoms with Crippen molar-refractivity contribution in [2.45, 2.75) is 51.8 Å². The SMILES string of the molecule is CC1CC(NCCN2CCN(C(=O)OC(C)(C)C)CC2)CN1C. The van der Waals surface area contributed by atoms with Crippen molar-refractivity contribution in [3.05, 3.63) is 0 Å². The maximum absolute atomic E-state index is 12.0. The molecule has 2 rings (SSSR count). The van der Waals surface area contributed by atoms with Crippen molar-refractivity contribution < 1.29 is 9.53 Å². The van der Waals surface area contributed by atoms with Gasteiger partial charge in [0.2, 0.25) is 0 Å². The molecule has 0 bridgehead atoms. The molecule has 0 radical (unpaired) electrons. The van der Waals surface area contributed by atoms with E-state index in [1.807, 2.05) is 25.7 Å². The molecule has 6 heteroatoms. The van der Waals surface area contributed by atoms with E-state index in [1.54, 1.807) is 0 Å². The number of rotatable bonds is 4. The fraction of sp³-hybridized carbons (Fsp3) is 0.941. The van der Waals surface area contributed by atoms with Crippen LogP contribution in [-0.2, 0) is 4.74 Å². The zero-order valence-electron chi connectivity index (χ0n) is 15.5. The van der Waals surface area contributed by atoms with Gasteiger partial charge in [0.25, 0.3) is 0 Å². The van der Waals surface area contributed by atoms with Crippen molar-refractivity contribution in [1.29, 1.82) is 0 Å². The standard InChI is InChI=1S/C17H34N4O2/c1-14-12-15(13-19(14)5)18-6-7-20-8-10-21(11-9-20)16(22)23-17(2,3)4/h14-15,18H,6-13H2,1-5H3. The monoisotopic (exact) mass is 326 g/mol. The Morgan fingerprint density at radius 1 is 1.22 bits per heavy atom. The van der Waals surface area contributed by atoms with Crippen LogP contribution >= 0.6 is 0 Å².